The average Bonchev–Trinajstić information content (AvgIpc) is 2.68. The number of para-hydroxylation sites is 1. The highest BCUT2D eigenvalue weighted by atomic mass is 32.2. The number of carbonyl (C=O) groups excluding carboxylic acids is 2. The summed E-state index contributed by atoms with van der Waals surface area (Å²) >= 11 is 1.39. The number of hydrogen-bond donors (Lipinski definition) is 1. The topological polar surface area (TPSA) is 83.6 Å². The van der Waals surface area contributed by atoms with Crippen molar-refractivity contribution in [1.29, 1.82) is 0 Å². The van der Waals surface area contributed by atoms with Gasteiger partial charge in [0.15, 0.2) is 9.84 Å². The van der Waals surface area contributed by atoms with Gasteiger partial charge in [0.1, 0.15) is 0 Å². The Labute approximate surface area is 169 Å². The standard InChI is InChI=1S/C20H22N2O4S2/c1-3-22(15-7-5-4-6-8-15)19(23)11-12-28(25,26)16-9-10-18-17(13-16)21-20(24)14(2)27-18/h4-10,13-14H,3,11-12H2,1-2H3,(H,21,24)/t14-/m1/s1. The van der Waals surface area contributed by atoms with Crippen molar-refractivity contribution in [2.45, 2.75) is 35.3 Å². The van der Waals surface area contributed by atoms with Gasteiger partial charge in [-0.1, -0.05) is 18.2 Å². The maximum atomic E-state index is 12.7. The van der Waals surface area contributed by atoms with Crippen LogP contribution in [0.15, 0.2) is 58.3 Å². The molecule has 1 N–H and O–H groups in total. The Morgan fingerprint density at radius 2 is 1.89 bits per heavy atom. The van der Waals surface area contributed by atoms with Crippen LogP contribution in [0, 0.1) is 0 Å². The summed E-state index contributed by atoms with van der Waals surface area (Å²) in [6, 6.07) is 13.9. The molecule has 3 rings (SSSR count). The lowest BCUT2D eigenvalue weighted by molar-refractivity contribution is -0.118. The van der Waals surface area contributed by atoms with E-state index in [1.54, 1.807) is 17.9 Å². The van der Waals surface area contributed by atoms with Crippen molar-refractivity contribution in [3.8, 4) is 0 Å². The van der Waals surface area contributed by atoms with Crippen molar-refractivity contribution < 1.29 is 18.0 Å². The van der Waals surface area contributed by atoms with Crippen LogP contribution in [0.4, 0.5) is 11.4 Å². The first-order valence-electron chi connectivity index (χ1n) is 9.01. The van der Waals surface area contributed by atoms with Gasteiger partial charge in [-0.25, -0.2) is 8.42 Å². The molecule has 1 heterocycles. The number of anilines is 2. The number of rotatable bonds is 6. The van der Waals surface area contributed by atoms with E-state index in [4.69, 9.17) is 0 Å². The minimum absolute atomic E-state index is 0.109. The zero-order valence-corrected chi connectivity index (χ0v) is 17.3. The van der Waals surface area contributed by atoms with Crippen LogP contribution in [0.5, 0.6) is 0 Å². The molecule has 6 nitrogen and oxygen atoms in total. The van der Waals surface area contributed by atoms with Crippen LogP contribution in [0.2, 0.25) is 0 Å². The van der Waals surface area contributed by atoms with Crippen molar-refractivity contribution in [1.82, 2.24) is 0 Å². The second-order valence-corrected chi connectivity index (χ2v) is 9.94. The van der Waals surface area contributed by atoms with Gasteiger partial charge in [-0.3, -0.25) is 9.59 Å². The third kappa shape index (κ3) is 4.39. The van der Waals surface area contributed by atoms with E-state index in [2.05, 4.69) is 5.32 Å². The van der Waals surface area contributed by atoms with Gasteiger partial charge < -0.3 is 10.2 Å². The predicted octanol–water partition coefficient (Wildman–Crippen LogP) is 3.34. The second kappa shape index (κ2) is 8.36. The van der Waals surface area contributed by atoms with E-state index in [0.29, 0.717) is 12.2 Å². The summed E-state index contributed by atoms with van der Waals surface area (Å²) < 4.78 is 25.5. The summed E-state index contributed by atoms with van der Waals surface area (Å²) in [4.78, 5) is 26.9. The molecule has 1 atom stereocenters. The summed E-state index contributed by atoms with van der Waals surface area (Å²) in [6.45, 7) is 4.11. The van der Waals surface area contributed by atoms with Gasteiger partial charge in [-0.15, -0.1) is 11.8 Å². The van der Waals surface area contributed by atoms with Crippen molar-refractivity contribution in [2.75, 3.05) is 22.5 Å². The molecular weight excluding hydrogens is 396 g/mol. The number of nitrogens with one attached hydrogen (secondary N) is 1. The van der Waals surface area contributed by atoms with E-state index in [1.807, 2.05) is 37.3 Å². The number of carbonyl (C=O) groups is 2. The predicted molar refractivity (Wildman–Crippen MR) is 112 cm³/mol. The molecule has 0 spiro atoms. The average molecular weight is 419 g/mol. The van der Waals surface area contributed by atoms with Crippen molar-refractivity contribution in [2.24, 2.45) is 0 Å². The number of amides is 2. The Hall–Kier alpha value is -2.32. The Morgan fingerprint density at radius 1 is 1.18 bits per heavy atom. The second-order valence-electron chi connectivity index (χ2n) is 6.45. The maximum Gasteiger partial charge on any atom is 0.237 e. The van der Waals surface area contributed by atoms with Crippen molar-refractivity contribution in [3.05, 3.63) is 48.5 Å². The van der Waals surface area contributed by atoms with Crippen LogP contribution >= 0.6 is 11.8 Å². The zero-order chi connectivity index (χ0) is 20.3. The molecule has 0 bridgehead atoms. The first-order chi connectivity index (χ1) is 13.3. The van der Waals surface area contributed by atoms with Crippen LogP contribution in [-0.2, 0) is 19.4 Å². The molecule has 1 aliphatic heterocycles. The van der Waals surface area contributed by atoms with Crippen molar-refractivity contribution >= 4 is 44.8 Å². The van der Waals surface area contributed by atoms with Gasteiger partial charge in [0, 0.05) is 23.5 Å². The molecule has 0 unspecified atom stereocenters. The third-order valence-corrected chi connectivity index (χ3v) is 7.40. The highest BCUT2D eigenvalue weighted by Crippen LogP contribution is 2.36. The number of benzene rings is 2. The summed E-state index contributed by atoms with van der Waals surface area (Å²) in [7, 11) is -3.65. The molecule has 28 heavy (non-hydrogen) atoms. The molecule has 0 fully saturated rings. The first-order valence-corrected chi connectivity index (χ1v) is 11.5. The largest absolute Gasteiger partial charge is 0.324 e. The molecule has 0 radical (unpaired) electrons. The van der Waals surface area contributed by atoms with E-state index in [0.717, 1.165) is 10.6 Å². The summed E-state index contributed by atoms with van der Waals surface area (Å²) in [5.74, 6) is -0.678. The molecule has 0 saturated heterocycles. The third-order valence-electron chi connectivity index (χ3n) is 4.51. The number of hydrogen-bond acceptors (Lipinski definition) is 5. The Bertz CT molecular complexity index is 991. The lowest BCUT2D eigenvalue weighted by Crippen LogP contribution is -2.32. The fraction of sp³-hybridized carbons (Fsp3) is 0.300. The lowest BCUT2D eigenvalue weighted by atomic mass is 10.2. The van der Waals surface area contributed by atoms with Crippen LogP contribution in [0.1, 0.15) is 20.3 Å². The molecule has 0 aliphatic carbocycles. The summed E-state index contributed by atoms with van der Waals surface area (Å²) in [5.41, 5.74) is 1.25. The quantitative estimate of drug-likeness (QED) is 0.778. The molecule has 0 saturated carbocycles. The molecule has 1 aliphatic rings. The minimum Gasteiger partial charge on any atom is -0.324 e. The fourth-order valence-electron chi connectivity index (χ4n) is 2.97. The molecule has 148 valence electrons. The smallest absolute Gasteiger partial charge is 0.237 e. The summed E-state index contributed by atoms with van der Waals surface area (Å²) in [5, 5.41) is 2.52. The summed E-state index contributed by atoms with van der Waals surface area (Å²) in [6.07, 6.45) is -0.111. The molecule has 2 aromatic rings. The number of thioether (sulfide) groups is 1. The molecule has 0 aromatic heterocycles. The Balaban J connectivity index is 1.73. The van der Waals surface area contributed by atoms with Gasteiger partial charge >= 0.3 is 0 Å². The van der Waals surface area contributed by atoms with Crippen LogP contribution in [0.25, 0.3) is 0 Å². The van der Waals surface area contributed by atoms with Gasteiger partial charge in [0.25, 0.3) is 0 Å². The molecule has 2 amide bonds. The van der Waals surface area contributed by atoms with Gasteiger partial charge in [-0.2, -0.15) is 0 Å². The lowest BCUT2D eigenvalue weighted by Gasteiger charge is -2.22. The number of sulfone groups is 1. The van der Waals surface area contributed by atoms with Gasteiger partial charge in [-0.05, 0) is 44.2 Å². The zero-order valence-electron chi connectivity index (χ0n) is 15.7. The first kappa shape index (κ1) is 20.4. The van der Waals surface area contributed by atoms with Gasteiger partial charge in [0.2, 0.25) is 11.8 Å². The Kier molecular flexibility index (Phi) is 6.10. The van der Waals surface area contributed by atoms with Gasteiger partial charge in [0.05, 0.1) is 21.6 Å². The molecular formula is C20H22N2O4S2. The SMILES string of the molecule is CCN(C(=O)CCS(=O)(=O)c1ccc2c(c1)NC(=O)[C@@H](C)S2)c1ccccc1. The minimum atomic E-state index is -3.65. The maximum absolute atomic E-state index is 12.7. The fourth-order valence-corrected chi connectivity index (χ4v) is 5.15. The van der Waals surface area contributed by atoms with E-state index in [9.17, 15) is 18.0 Å². The van der Waals surface area contributed by atoms with E-state index < -0.39 is 9.84 Å². The highest BCUT2D eigenvalue weighted by molar-refractivity contribution is 8.01. The number of fused-ring (bicyclic) bond motifs is 1. The van der Waals surface area contributed by atoms with Crippen LogP contribution in [-0.4, -0.2) is 37.8 Å². The van der Waals surface area contributed by atoms with E-state index in [-0.39, 0.29) is 34.1 Å². The Morgan fingerprint density at radius 3 is 2.57 bits per heavy atom. The van der Waals surface area contributed by atoms with Crippen LogP contribution in [0.3, 0.4) is 0 Å². The highest BCUT2D eigenvalue weighted by Gasteiger charge is 2.26. The molecule has 2 aromatic carbocycles. The normalized spacial score (nSPS) is 16.2. The van der Waals surface area contributed by atoms with Crippen LogP contribution < -0.4 is 10.2 Å². The number of nitrogens with zero attached hydrogens (tertiary/aromatic N) is 1. The molecule has 8 heteroatoms. The van der Waals surface area contributed by atoms with Crippen molar-refractivity contribution in [3.63, 3.8) is 0 Å². The van der Waals surface area contributed by atoms with E-state index in [1.165, 1.54) is 23.9 Å². The van der Waals surface area contributed by atoms with E-state index >= 15 is 0 Å². The monoisotopic (exact) mass is 418 g/mol.